The molecule has 1 rings (SSSR count). The minimum atomic E-state index is -0.397. The van der Waals surface area contributed by atoms with Gasteiger partial charge in [0.15, 0.2) is 0 Å². The lowest BCUT2D eigenvalue weighted by molar-refractivity contribution is -0.117. The molecule has 19 heavy (non-hydrogen) atoms. The van der Waals surface area contributed by atoms with Gasteiger partial charge in [0, 0.05) is 4.88 Å². The molecule has 0 fully saturated rings. The van der Waals surface area contributed by atoms with Crippen LogP contribution in [0, 0.1) is 0 Å². The number of aryl methyl sites for hydroxylation is 1. The Morgan fingerprint density at radius 1 is 1.42 bits per heavy atom. The van der Waals surface area contributed by atoms with E-state index in [0.29, 0.717) is 17.2 Å². The van der Waals surface area contributed by atoms with Gasteiger partial charge in [0.05, 0.1) is 18.2 Å². The standard InChI is InChI=1S/C13H20N2O3S/c1-5-9-7-10(13(17)18-6-2)12(19-9)15-11(16)8(3)14-4/h7-8,14H,5-6H2,1-4H3,(H,15,16). The van der Waals surface area contributed by atoms with Crippen molar-refractivity contribution in [2.45, 2.75) is 33.2 Å². The SMILES string of the molecule is CCOC(=O)c1cc(CC)sc1NC(=O)C(C)NC. The summed E-state index contributed by atoms with van der Waals surface area (Å²) in [5.74, 6) is -0.566. The number of ether oxygens (including phenoxy) is 1. The monoisotopic (exact) mass is 284 g/mol. The van der Waals surface area contributed by atoms with Crippen LogP contribution in [0.2, 0.25) is 0 Å². The van der Waals surface area contributed by atoms with Gasteiger partial charge < -0.3 is 15.4 Å². The summed E-state index contributed by atoms with van der Waals surface area (Å²) in [5.41, 5.74) is 0.431. The van der Waals surface area contributed by atoms with Crippen molar-refractivity contribution < 1.29 is 14.3 Å². The first-order valence-electron chi connectivity index (χ1n) is 6.31. The lowest BCUT2D eigenvalue weighted by Crippen LogP contribution is -2.35. The van der Waals surface area contributed by atoms with Gasteiger partial charge in [0.1, 0.15) is 5.00 Å². The molecule has 0 saturated carbocycles. The maximum absolute atomic E-state index is 11.9. The Morgan fingerprint density at radius 2 is 2.11 bits per heavy atom. The normalized spacial score (nSPS) is 12.0. The Hall–Kier alpha value is -1.40. The van der Waals surface area contributed by atoms with Crippen LogP contribution in [0.1, 0.15) is 36.0 Å². The average Bonchev–Trinajstić information content (AvgIpc) is 2.81. The molecule has 1 atom stereocenters. The third kappa shape index (κ3) is 4.04. The smallest absolute Gasteiger partial charge is 0.341 e. The lowest BCUT2D eigenvalue weighted by atomic mass is 10.2. The van der Waals surface area contributed by atoms with Crippen LogP contribution in [0.15, 0.2) is 6.07 Å². The van der Waals surface area contributed by atoms with Crippen LogP contribution in [0.5, 0.6) is 0 Å². The number of carbonyl (C=O) groups excluding carboxylic acids is 2. The Morgan fingerprint density at radius 3 is 2.63 bits per heavy atom. The molecular weight excluding hydrogens is 264 g/mol. The van der Waals surface area contributed by atoms with Gasteiger partial charge >= 0.3 is 5.97 Å². The second-order valence-electron chi connectivity index (χ2n) is 4.03. The van der Waals surface area contributed by atoms with E-state index in [0.717, 1.165) is 11.3 Å². The third-order valence-electron chi connectivity index (χ3n) is 2.69. The van der Waals surface area contributed by atoms with Crippen LogP contribution >= 0.6 is 11.3 Å². The largest absolute Gasteiger partial charge is 0.462 e. The van der Waals surface area contributed by atoms with E-state index in [9.17, 15) is 9.59 Å². The topological polar surface area (TPSA) is 67.4 Å². The number of likely N-dealkylation sites (N-methyl/N-ethyl adjacent to an activating group) is 1. The zero-order chi connectivity index (χ0) is 14.4. The molecule has 1 unspecified atom stereocenters. The quantitative estimate of drug-likeness (QED) is 0.784. The number of nitrogens with one attached hydrogen (secondary N) is 2. The second-order valence-corrected chi connectivity index (χ2v) is 5.17. The molecule has 0 aliphatic rings. The summed E-state index contributed by atoms with van der Waals surface area (Å²) in [6, 6.07) is 1.46. The van der Waals surface area contributed by atoms with E-state index in [1.807, 2.05) is 6.92 Å². The van der Waals surface area contributed by atoms with Crippen molar-refractivity contribution in [2.24, 2.45) is 0 Å². The molecule has 1 aromatic rings. The van der Waals surface area contributed by atoms with E-state index in [1.165, 1.54) is 11.3 Å². The Balaban J connectivity index is 2.95. The number of hydrogen-bond donors (Lipinski definition) is 2. The van der Waals surface area contributed by atoms with Gasteiger partial charge in [0.25, 0.3) is 0 Å². The number of amides is 1. The second kappa shape index (κ2) is 7.25. The summed E-state index contributed by atoms with van der Waals surface area (Å²) >= 11 is 1.41. The van der Waals surface area contributed by atoms with Crippen LogP contribution < -0.4 is 10.6 Å². The Bertz CT molecular complexity index is 457. The first-order chi connectivity index (χ1) is 9.03. The fraction of sp³-hybridized carbons (Fsp3) is 0.538. The van der Waals surface area contributed by atoms with Crippen molar-refractivity contribution in [2.75, 3.05) is 19.0 Å². The molecule has 6 heteroatoms. The zero-order valence-electron chi connectivity index (χ0n) is 11.7. The summed E-state index contributed by atoms with van der Waals surface area (Å²) in [5, 5.41) is 6.19. The van der Waals surface area contributed by atoms with E-state index in [-0.39, 0.29) is 11.9 Å². The highest BCUT2D eigenvalue weighted by Crippen LogP contribution is 2.29. The zero-order valence-corrected chi connectivity index (χ0v) is 12.5. The molecule has 5 nitrogen and oxygen atoms in total. The number of thiophene rings is 1. The number of esters is 1. The highest BCUT2D eigenvalue weighted by atomic mass is 32.1. The fourth-order valence-corrected chi connectivity index (χ4v) is 2.41. The van der Waals surface area contributed by atoms with Crippen molar-refractivity contribution in [3.8, 4) is 0 Å². The molecule has 0 aliphatic carbocycles. The molecule has 0 bridgehead atoms. The molecule has 0 spiro atoms. The molecular formula is C13H20N2O3S. The third-order valence-corrected chi connectivity index (χ3v) is 3.88. The number of rotatable bonds is 6. The molecule has 0 aliphatic heterocycles. The summed E-state index contributed by atoms with van der Waals surface area (Å²) in [7, 11) is 1.71. The van der Waals surface area contributed by atoms with Crippen molar-refractivity contribution in [1.82, 2.24) is 5.32 Å². The van der Waals surface area contributed by atoms with E-state index in [2.05, 4.69) is 10.6 Å². The molecule has 1 heterocycles. The van der Waals surface area contributed by atoms with Gasteiger partial charge in [-0.05, 0) is 33.4 Å². The fourth-order valence-electron chi connectivity index (χ4n) is 1.42. The number of anilines is 1. The first-order valence-corrected chi connectivity index (χ1v) is 7.13. The van der Waals surface area contributed by atoms with Gasteiger partial charge in [-0.25, -0.2) is 4.79 Å². The highest BCUT2D eigenvalue weighted by Gasteiger charge is 2.20. The maximum Gasteiger partial charge on any atom is 0.341 e. The van der Waals surface area contributed by atoms with Crippen LogP contribution in [0.4, 0.5) is 5.00 Å². The van der Waals surface area contributed by atoms with E-state index >= 15 is 0 Å². The maximum atomic E-state index is 11.9. The molecule has 0 aromatic carbocycles. The van der Waals surface area contributed by atoms with E-state index in [1.54, 1.807) is 27.0 Å². The predicted molar refractivity (Wildman–Crippen MR) is 76.8 cm³/mol. The van der Waals surface area contributed by atoms with E-state index in [4.69, 9.17) is 4.74 Å². The van der Waals surface area contributed by atoms with Crippen LogP contribution in [-0.4, -0.2) is 31.6 Å². The minimum Gasteiger partial charge on any atom is -0.462 e. The van der Waals surface area contributed by atoms with Crippen LogP contribution in [0.25, 0.3) is 0 Å². The molecule has 0 saturated heterocycles. The summed E-state index contributed by atoms with van der Waals surface area (Å²) < 4.78 is 5.00. The summed E-state index contributed by atoms with van der Waals surface area (Å²) in [6.45, 7) is 5.83. The Labute approximate surface area is 117 Å². The van der Waals surface area contributed by atoms with Crippen molar-refractivity contribution in [1.29, 1.82) is 0 Å². The molecule has 0 radical (unpaired) electrons. The van der Waals surface area contributed by atoms with Gasteiger partial charge in [0.2, 0.25) is 5.91 Å². The van der Waals surface area contributed by atoms with Crippen molar-refractivity contribution >= 4 is 28.2 Å². The molecule has 2 N–H and O–H groups in total. The van der Waals surface area contributed by atoms with Crippen molar-refractivity contribution in [3.63, 3.8) is 0 Å². The Kier molecular flexibility index (Phi) is 5.98. The predicted octanol–water partition coefficient (Wildman–Crippen LogP) is 2.03. The van der Waals surface area contributed by atoms with Crippen molar-refractivity contribution in [3.05, 3.63) is 16.5 Å². The lowest BCUT2D eigenvalue weighted by Gasteiger charge is -2.10. The van der Waals surface area contributed by atoms with Gasteiger partial charge in [-0.15, -0.1) is 11.3 Å². The highest BCUT2D eigenvalue weighted by molar-refractivity contribution is 7.16. The average molecular weight is 284 g/mol. The molecule has 1 aromatic heterocycles. The first kappa shape index (κ1) is 15.7. The molecule has 106 valence electrons. The van der Waals surface area contributed by atoms with E-state index < -0.39 is 5.97 Å². The summed E-state index contributed by atoms with van der Waals surface area (Å²) in [4.78, 5) is 24.7. The molecule has 1 amide bonds. The van der Waals surface area contributed by atoms with Gasteiger partial charge in [-0.2, -0.15) is 0 Å². The van der Waals surface area contributed by atoms with Crippen LogP contribution in [-0.2, 0) is 16.0 Å². The number of hydrogen-bond acceptors (Lipinski definition) is 5. The van der Waals surface area contributed by atoms with Crippen LogP contribution in [0.3, 0.4) is 0 Å². The van der Waals surface area contributed by atoms with Gasteiger partial charge in [-0.3, -0.25) is 4.79 Å². The van der Waals surface area contributed by atoms with Gasteiger partial charge in [-0.1, -0.05) is 6.92 Å². The summed E-state index contributed by atoms with van der Waals surface area (Å²) in [6.07, 6.45) is 0.814. The minimum absolute atomic E-state index is 0.169. The number of carbonyl (C=O) groups is 2.